The first-order valence-corrected chi connectivity index (χ1v) is 8.63. The SMILES string of the molecule is CC[C@@]1(C(=O)O)CCCN2CCc3c([nH]c4ccccc34)[C@]21C. The normalized spacial score (nSPS) is 30.9. The summed E-state index contributed by atoms with van der Waals surface area (Å²) >= 11 is 0. The molecule has 2 aromatic rings. The Morgan fingerprint density at radius 3 is 2.87 bits per heavy atom. The Labute approximate surface area is 136 Å². The molecule has 1 saturated heterocycles. The van der Waals surface area contributed by atoms with Gasteiger partial charge in [-0.15, -0.1) is 0 Å². The number of aromatic nitrogens is 1. The van der Waals surface area contributed by atoms with Gasteiger partial charge in [0.25, 0.3) is 0 Å². The van der Waals surface area contributed by atoms with Gasteiger partial charge < -0.3 is 10.1 Å². The molecule has 0 aliphatic carbocycles. The van der Waals surface area contributed by atoms with E-state index in [4.69, 9.17) is 0 Å². The lowest BCUT2D eigenvalue weighted by Gasteiger charge is -2.57. The zero-order chi connectivity index (χ0) is 16.2. The molecule has 1 fully saturated rings. The van der Waals surface area contributed by atoms with Crippen molar-refractivity contribution in [3.63, 3.8) is 0 Å². The number of carboxylic acids is 1. The number of hydrogen-bond donors (Lipinski definition) is 2. The van der Waals surface area contributed by atoms with Gasteiger partial charge in [-0.05, 0) is 50.8 Å². The quantitative estimate of drug-likeness (QED) is 0.892. The Morgan fingerprint density at radius 1 is 1.35 bits per heavy atom. The van der Waals surface area contributed by atoms with Gasteiger partial charge in [0.15, 0.2) is 0 Å². The molecular weight excluding hydrogens is 288 g/mol. The number of nitrogens with one attached hydrogen (secondary N) is 1. The molecule has 2 aliphatic rings. The van der Waals surface area contributed by atoms with E-state index in [1.54, 1.807) is 0 Å². The second-order valence-corrected chi connectivity index (χ2v) is 7.18. The molecule has 122 valence electrons. The predicted molar refractivity (Wildman–Crippen MR) is 90.5 cm³/mol. The number of hydrogen-bond acceptors (Lipinski definition) is 2. The first-order valence-electron chi connectivity index (χ1n) is 8.63. The van der Waals surface area contributed by atoms with Crippen molar-refractivity contribution in [1.29, 1.82) is 0 Å². The molecule has 2 aliphatic heterocycles. The van der Waals surface area contributed by atoms with Crippen LogP contribution in [0.3, 0.4) is 0 Å². The summed E-state index contributed by atoms with van der Waals surface area (Å²) in [5.74, 6) is -0.654. The number of nitrogens with zero attached hydrogens (tertiary/aromatic N) is 1. The van der Waals surface area contributed by atoms with Crippen molar-refractivity contribution in [2.45, 2.75) is 45.1 Å². The van der Waals surface area contributed by atoms with Crippen molar-refractivity contribution in [2.75, 3.05) is 13.1 Å². The summed E-state index contributed by atoms with van der Waals surface area (Å²) in [5, 5.41) is 11.4. The molecule has 0 saturated carbocycles. The number of piperidine rings is 1. The Balaban J connectivity index is 2.02. The molecular formula is C19H24N2O2. The zero-order valence-electron chi connectivity index (χ0n) is 13.9. The highest BCUT2D eigenvalue weighted by Gasteiger charge is 2.60. The van der Waals surface area contributed by atoms with Crippen LogP contribution in [0.4, 0.5) is 0 Å². The van der Waals surface area contributed by atoms with E-state index in [-0.39, 0.29) is 0 Å². The van der Waals surface area contributed by atoms with Crippen LogP contribution in [0.1, 0.15) is 44.4 Å². The van der Waals surface area contributed by atoms with Gasteiger partial charge in [-0.25, -0.2) is 0 Å². The summed E-state index contributed by atoms with van der Waals surface area (Å²) in [6, 6.07) is 8.35. The Kier molecular flexibility index (Phi) is 3.11. The van der Waals surface area contributed by atoms with Crippen molar-refractivity contribution >= 4 is 16.9 Å². The number of aromatic amines is 1. The second-order valence-electron chi connectivity index (χ2n) is 7.18. The maximum Gasteiger partial charge on any atom is 0.311 e. The number of aliphatic carboxylic acids is 1. The molecule has 0 bridgehead atoms. The Morgan fingerprint density at radius 2 is 2.13 bits per heavy atom. The summed E-state index contributed by atoms with van der Waals surface area (Å²) in [7, 11) is 0. The van der Waals surface area contributed by atoms with E-state index in [9.17, 15) is 9.90 Å². The van der Waals surface area contributed by atoms with Gasteiger partial charge in [0.2, 0.25) is 0 Å². The van der Waals surface area contributed by atoms with Crippen LogP contribution in [0.25, 0.3) is 10.9 Å². The average molecular weight is 312 g/mol. The molecule has 3 heterocycles. The van der Waals surface area contributed by atoms with Gasteiger partial charge in [0.1, 0.15) is 0 Å². The minimum atomic E-state index is -0.721. The zero-order valence-corrected chi connectivity index (χ0v) is 13.9. The molecule has 4 rings (SSSR count). The summed E-state index contributed by atoms with van der Waals surface area (Å²) in [5.41, 5.74) is 2.40. The van der Waals surface area contributed by atoms with Crippen molar-refractivity contribution in [3.8, 4) is 0 Å². The van der Waals surface area contributed by atoms with E-state index in [0.29, 0.717) is 6.42 Å². The minimum Gasteiger partial charge on any atom is -0.481 e. The van der Waals surface area contributed by atoms with E-state index in [1.165, 1.54) is 10.9 Å². The number of benzene rings is 1. The maximum atomic E-state index is 12.4. The third-order valence-electron chi connectivity index (χ3n) is 6.54. The number of fused-ring (bicyclic) bond motifs is 5. The van der Waals surface area contributed by atoms with Gasteiger partial charge in [0.05, 0.1) is 11.0 Å². The van der Waals surface area contributed by atoms with Crippen molar-refractivity contribution in [3.05, 3.63) is 35.5 Å². The van der Waals surface area contributed by atoms with Crippen LogP contribution in [-0.4, -0.2) is 34.0 Å². The van der Waals surface area contributed by atoms with Crippen LogP contribution in [0, 0.1) is 5.41 Å². The molecule has 0 amide bonds. The molecule has 0 radical (unpaired) electrons. The first kappa shape index (κ1) is 14.8. The number of H-pyrrole nitrogens is 1. The fourth-order valence-electron chi connectivity index (χ4n) is 5.18. The second kappa shape index (κ2) is 4.84. The molecule has 1 aromatic heterocycles. The highest BCUT2D eigenvalue weighted by atomic mass is 16.4. The lowest BCUT2D eigenvalue weighted by atomic mass is 9.59. The monoisotopic (exact) mass is 312 g/mol. The summed E-state index contributed by atoms with van der Waals surface area (Å²) in [6.07, 6.45) is 3.37. The van der Waals surface area contributed by atoms with Crippen LogP contribution in [-0.2, 0) is 16.8 Å². The van der Waals surface area contributed by atoms with Crippen molar-refractivity contribution < 1.29 is 9.90 Å². The van der Waals surface area contributed by atoms with Crippen LogP contribution >= 0.6 is 0 Å². The Bertz CT molecular complexity index is 781. The lowest BCUT2D eigenvalue weighted by molar-refractivity contribution is -0.170. The molecule has 0 unspecified atom stereocenters. The van der Waals surface area contributed by atoms with Gasteiger partial charge in [-0.3, -0.25) is 9.69 Å². The molecule has 2 atom stereocenters. The van der Waals surface area contributed by atoms with E-state index >= 15 is 0 Å². The number of rotatable bonds is 2. The Hall–Kier alpha value is -1.81. The van der Waals surface area contributed by atoms with E-state index in [1.807, 2.05) is 13.0 Å². The average Bonchev–Trinajstić information content (AvgIpc) is 2.94. The smallest absolute Gasteiger partial charge is 0.311 e. The minimum absolute atomic E-state index is 0.460. The van der Waals surface area contributed by atoms with Crippen LogP contribution in [0.2, 0.25) is 0 Å². The van der Waals surface area contributed by atoms with E-state index in [2.05, 4.69) is 35.0 Å². The van der Waals surface area contributed by atoms with E-state index < -0.39 is 16.9 Å². The van der Waals surface area contributed by atoms with Crippen molar-refractivity contribution in [1.82, 2.24) is 9.88 Å². The fourth-order valence-corrected chi connectivity index (χ4v) is 5.18. The van der Waals surface area contributed by atoms with Gasteiger partial charge >= 0.3 is 5.97 Å². The largest absolute Gasteiger partial charge is 0.481 e. The molecule has 0 spiro atoms. The summed E-state index contributed by atoms with van der Waals surface area (Å²) < 4.78 is 0. The van der Waals surface area contributed by atoms with Crippen molar-refractivity contribution in [2.24, 2.45) is 5.41 Å². The topological polar surface area (TPSA) is 56.3 Å². The summed E-state index contributed by atoms with van der Waals surface area (Å²) in [4.78, 5) is 18.4. The number of para-hydroxylation sites is 1. The maximum absolute atomic E-state index is 12.4. The number of carbonyl (C=O) groups is 1. The first-order chi connectivity index (χ1) is 11.0. The molecule has 1 aromatic carbocycles. The third-order valence-corrected chi connectivity index (χ3v) is 6.54. The van der Waals surface area contributed by atoms with Crippen LogP contribution in [0.15, 0.2) is 24.3 Å². The molecule has 2 N–H and O–H groups in total. The highest BCUT2D eigenvalue weighted by Crippen LogP contribution is 2.55. The molecule has 4 heteroatoms. The highest BCUT2D eigenvalue weighted by molar-refractivity contribution is 5.86. The molecule has 23 heavy (non-hydrogen) atoms. The van der Waals surface area contributed by atoms with Gasteiger partial charge in [-0.2, -0.15) is 0 Å². The number of carboxylic acid groups (broad SMARTS) is 1. The standard InChI is InChI=1S/C19H24N2O2/c1-3-19(17(22)23)10-6-11-21-12-9-14-13-7-4-5-8-15(13)20-16(14)18(19,21)2/h4-5,7-8,20H,3,6,9-12H2,1-2H3,(H,22,23)/t18-,19-/m0/s1. The van der Waals surface area contributed by atoms with Gasteiger partial charge in [0, 0.05) is 23.1 Å². The predicted octanol–water partition coefficient (Wildman–Crippen LogP) is 3.52. The lowest BCUT2D eigenvalue weighted by Crippen LogP contribution is -2.64. The van der Waals surface area contributed by atoms with Crippen LogP contribution < -0.4 is 0 Å². The van der Waals surface area contributed by atoms with Crippen LogP contribution in [0.5, 0.6) is 0 Å². The third kappa shape index (κ3) is 1.67. The van der Waals surface area contributed by atoms with E-state index in [0.717, 1.165) is 43.6 Å². The molecule has 4 nitrogen and oxygen atoms in total. The van der Waals surface area contributed by atoms with Gasteiger partial charge in [-0.1, -0.05) is 25.1 Å². The summed E-state index contributed by atoms with van der Waals surface area (Å²) in [6.45, 7) is 6.11. The fraction of sp³-hybridized carbons (Fsp3) is 0.526.